The van der Waals surface area contributed by atoms with Crippen molar-refractivity contribution in [1.82, 2.24) is 9.88 Å². The molecule has 2 heterocycles. The Balaban J connectivity index is 1.84. The molecule has 138 valence electrons. The van der Waals surface area contributed by atoms with Crippen molar-refractivity contribution in [3.05, 3.63) is 59.8 Å². The fourth-order valence-corrected chi connectivity index (χ4v) is 3.71. The maximum atomic E-state index is 11.0. The van der Waals surface area contributed by atoms with Gasteiger partial charge in [0.05, 0.1) is 7.11 Å². The number of rotatable bonds is 4. The highest BCUT2D eigenvalue weighted by Gasteiger charge is 2.13. The van der Waals surface area contributed by atoms with E-state index in [1.165, 1.54) is 16.6 Å². The standard InChI is InChI=1S/C22H22N2O3/c1-27-19-5-6-20(15(13-19)4-7-22(25)26)16-2-3-17-12-18-8-9-23-10-11-24(18)21(17)14-16/h2-7,12-14,23H,8-11H2,1H3,(H,25,26). The maximum Gasteiger partial charge on any atom is 0.328 e. The number of carboxylic acids is 1. The van der Waals surface area contributed by atoms with E-state index >= 15 is 0 Å². The highest BCUT2D eigenvalue weighted by Crippen LogP contribution is 2.32. The molecule has 0 saturated heterocycles. The van der Waals surface area contributed by atoms with Crippen LogP contribution in [0.25, 0.3) is 28.1 Å². The molecule has 0 unspecified atom stereocenters. The van der Waals surface area contributed by atoms with Crippen molar-refractivity contribution < 1.29 is 14.6 Å². The van der Waals surface area contributed by atoms with E-state index in [0.29, 0.717) is 5.75 Å². The van der Waals surface area contributed by atoms with Crippen LogP contribution in [0.2, 0.25) is 0 Å². The molecule has 1 aromatic heterocycles. The second-order valence-corrected chi connectivity index (χ2v) is 6.69. The number of carboxylic acid groups (broad SMARTS) is 1. The second kappa shape index (κ2) is 7.29. The number of carbonyl (C=O) groups is 1. The molecule has 5 nitrogen and oxygen atoms in total. The lowest BCUT2D eigenvalue weighted by Crippen LogP contribution is -2.17. The summed E-state index contributed by atoms with van der Waals surface area (Å²) in [5.41, 5.74) is 5.44. The SMILES string of the molecule is COc1ccc(-c2ccc3cc4n(c3c2)CCNCC4)c(C=CC(=O)O)c1. The largest absolute Gasteiger partial charge is 0.497 e. The summed E-state index contributed by atoms with van der Waals surface area (Å²) in [6.07, 6.45) is 3.80. The zero-order valence-electron chi connectivity index (χ0n) is 15.2. The lowest BCUT2D eigenvalue weighted by atomic mass is 9.98. The van der Waals surface area contributed by atoms with Gasteiger partial charge in [-0.15, -0.1) is 0 Å². The number of nitrogens with zero attached hydrogens (tertiary/aromatic N) is 1. The van der Waals surface area contributed by atoms with Gasteiger partial charge in [0.1, 0.15) is 5.75 Å². The number of fused-ring (bicyclic) bond motifs is 3. The van der Waals surface area contributed by atoms with Gasteiger partial charge in [-0.2, -0.15) is 0 Å². The molecule has 0 aliphatic carbocycles. The topological polar surface area (TPSA) is 63.5 Å². The molecule has 0 fully saturated rings. The van der Waals surface area contributed by atoms with Crippen LogP contribution in [-0.4, -0.2) is 35.8 Å². The average molecular weight is 362 g/mol. The van der Waals surface area contributed by atoms with E-state index < -0.39 is 5.97 Å². The maximum absolute atomic E-state index is 11.0. The monoisotopic (exact) mass is 362 g/mol. The molecule has 4 rings (SSSR count). The lowest BCUT2D eigenvalue weighted by molar-refractivity contribution is -0.131. The number of hydrogen-bond acceptors (Lipinski definition) is 3. The van der Waals surface area contributed by atoms with E-state index in [1.54, 1.807) is 13.2 Å². The summed E-state index contributed by atoms with van der Waals surface area (Å²) in [7, 11) is 1.61. The number of aromatic nitrogens is 1. The number of methoxy groups -OCH3 is 1. The summed E-state index contributed by atoms with van der Waals surface area (Å²) in [6, 6.07) is 14.5. The van der Waals surface area contributed by atoms with Gasteiger partial charge >= 0.3 is 5.97 Å². The summed E-state index contributed by atoms with van der Waals surface area (Å²) in [5, 5.41) is 13.7. The first-order chi connectivity index (χ1) is 13.2. The highest BCUT2D eigenvalue weighted by molar-refractivity contribution is 5.91. The van der Waals surface area contributed by atoms with Crippen molar-refractivity contribution in [2.45, 2.75) is 13.0 Å². The van der Waals surface area contributed by atoms with E-state index in [4.69, 9.17) is 9.84 Å². The molecule has 0 bridgehead atoms. The summed E-state index contributed by atoms with van der Waals surface area (Å²) < 4.78 is 7.69. The molecule has 0 atom stereocenters. The third-order valence-electron chi connectivity index (χ3n) is 5.04. The molecule has 5 heteroatoms. The minimum atomic E-state index is -0.969. The average Bonchev–Trinajstić information content (AvgIpc) is 2.85. The molecule has 0 spiro atoms. The van der Waals surface area contributed by atoms with Crippen LogP contribution in [-0.2, 0) is 17.8 Å². The number of aliphatic carboxylic acids is 1. The van der Waals surface area contributed by atoms with E-state index in [1.807, 2.05) is 18.2 Å². The number of benzene rings is 2. The molecular formula is C22H22N2O3. The Kier molecular flexibility index (Phi) is 4.69. The quantitative estimate of drug-likeness (QED) is 0.697. The molecule has 1 aliphatic rings. The number of nitrogens with one attached hydrogen (secondary N) is 1. The molecule has 0 radical (unpaired) electrons. The van der Waals surface area contributed by atoms with Crippen molar-refractivity contribution in [2.24, 2.45) is 0 Å². The van der Waals surface area contributed by atoms with Crippen molar-refractivity contribution in [3.8, 4) is 16.9 Å². The van der Waals surface area contributed by atoms with Gasteiger partial charge in [0.15, 0.2) is 0 Å². The smallest absolute Gasteiger partial charge is 0.328 e. The Morgan fingerprint density at radius 3 is 2.89 bits per heavy atom. The zero-order valence-corrected chi connectivity index (χ0v) is 15.2. The number of ether oxygens (including phenoxy) is 1. The minimum Gasteiger partial charge on any atom is -0.497 e. The van der Waals surface area contributed by atoms with Crippen molar-refractivity contribution in [1.29, 1.82) is 0 Å². The van der Waals surface area contributed by atoms with E-state index in [0.717, 1.165) is 48.8 Å². The number of hydrogen-bond donors (Lipinski definition) is 2. The summed E-state index contributed by atoms with van der Waals surface area (Å²) in [6.45, 7) is 2.93. The first-order valence-corrected chi connectivity index (χ1v) is 9.08. The molecule has 27 heavy (non-hydrogen) atoms. The van der Waals surface area contributed by atoms with Gasteiger partial charge in [-0.3, -0.25) is 0 Å². The third-order valence-corrected chi connectivity index (χ3v) is 5.04. The van der Waals surface area contributed by atoms with Crippen LogP contribution in [0.5, 0.6) is 5.75 Å². The fraction of sp³-hybridized carbons (Fsp3) is 0.227. The van der Waals surface area contributed by atoms with Crippen LogP contribution in [0.4, 0.5) is 0 Å². The lowest BCUT2D eigenvalue weighted by Gasteiger charge is -2.11. The second-order valence-electron chi connectivity index (χ2n) is 6.69. The van der Waals surface area contributed by atoms with Gasteiger partial charge in [0.2, 0.25) is 0 Å². The first kappa shape index (κ1) is 17.4. The zero-order chi connectivity index (χ0) is 18.8. The fourth-order valence-electron chi connectivity index (χ4n) is 3.71. The minimum absolute atomic E-state index is 0.701. The van der Waals surface area contributed by atoms with Gasteiger partial charge in [0, 0.05) is 43.3 Å². The Hall–Kier alpha value is -3.05. The third kappa shape index (κ3) is 3.46. The highest BCUT2D eigenvalue weighted by atomic mass is 16.5. The van der Waals surface area contributed by atoms with Crippen LogP contribution in [0.3, 0.4) is 0 Å². The van der Waals surface area contributed by atoms with Gasteiger partial charge < -0.3 is 19.7 Å². The van der Waals surface area contributed by atoms with E-state index in [-0.39, 0.29) is 0 Å². The Labute approximate surface area is 157 Å². The molecule has 2 N–H and O–H groups in total. The van der Waals surface area contributed by atoms with E-state index in [9.17, 15) is 4.79 Å². The van der Waals surface area contributed by atoms with Crippen molar-refractivity contribution in [2.75, 3.05) is 20.2 Å². The first-order valence-electron chi connectivity index (χ1n) is 9.08. The van der Waals surface area contributed by atoms with Crippen LogP contribution < -0.4 is 10.1 Å². The van der Waals surface area contributed by atoms with Crippen LogP contribution in [0.15, 0.2) is 48.5 Å². The van der Waals surface area contributed by atoms with Crippen molar-refractivity contribution >= 4 is 22.9 Å². The van der Waals surface area contributed by atoms with Gasteiger partial charge in [-0.1, -0.05) is 18.2 Å². The van der Waals surface area contributed by atoms with Gasteiger partial charge in [-0.05, 0) is 52.4 Å². The van der Waals surface area contributed by atoms with E-state index in [2.05, 4.69) is 34.1 Å². The summed E-state index contributed by atoms with van der Waals surface area (Å²) >= 11 is 0. The molecule has 2 aromatic carbocycles. The van der Waals surface area contributed by atoms with Gasteiger partial charge in [-0.25, -0.2) is 4.79 Å². The Morgan fingerprint density at radius 1 is 1.19 bits per heavy atom. The summed E-state index contributed by atoms with van der Waals surface area (Å²) in [5.74, 6) is -0.267. The van der Waals surface area contributed by atoms with Crippen molar-refractivity contribution in [3.63, 3.8) is 0 Å². The molecule has 0 saturated carbocycles. The molecule has 1 aliphatic heterocycles. The normalized spacial score (nSPS) is 14.3. The molecular weight excluding hydrogens is 340 g/mol. The van der Waals surface area contributed by atoms with Crippen LogP contribution in [0, 0.1) is 0 Å². The molecule has 3 aromatic rings. The predicted octanol–water partition coefficient (Wildman–Crippen LogP) is 3.56. The molecule has 0 amide bonds. The van der Waals surface area contributed by atoms with Gasteiger partial charge in [0.25, 0.3) is 0 Å². The Bertz CT molecular complexity index is 1030. The summed E-state index contributed by atoms with van der Waals surface area (Å²) in [4.78, 5) is 11.0. The Morgan fingerprint density at radius 2 is 2.07 bits per heavy atom. The van der Waals surface area contributed by atoms with Crippen LogP contribution in [0.1, 0.15) is 11.3 Å². The predicted molar refractivity (Wildman–Crippen MR) is 107 cm³/mol. The van der Waals surface area contributed by atoms with Crippen LogP contribution >= 0.6 is 0 Å².